The first-order valence-electron chi connectivity index (χ1n) is 4.99. The highest BCUT2D eigenvalue weighted by atomic mass is 16.4. The SMILES string of the molecule is CC1(C)CCc2c1nn(CC(=O)O)c2N. The predicted octanol–water partition coefficient (Wildman–Crippen LogP) is 0.774. The summed E-state index contributed by atoms with van der Waals surface area (Å²) in [5.41, 5.74) is 7.87. The van der Waals surface area contributed by atoms with Crippen LogP contribution in [0.1, 0.15) is 31.5 Å². The number of nitrogens with zero attached hydrogens (tertiary/aromatic N) is 2. The fourth-order valence-corrected chi connectivity index (χ4v) is 2.11. The van der Waals surface area contributed by atoms with E-state index in [1.54, 1.807) is 0 Å². The van der Waals surface area contributed by atoms with Gasteiger partial charge in [-0.2, -0.15) is 5.10 Å². The highest BCUT2D eigenvalue weighted by Gasteiger charge is 2.35. The summed E-state index contributed by atoms with van der Waals surface area (Å²) < 4.78 is 1.38. The highest BCUT2D eigenvalue weighted by molar-refractivity contribution is 5.67. The fourth-order valence-electron chi connectivity index (χ4n) is 2.11. The Labute approximate surface area is 87.9 Å². The zero-order chi connectivity index (χ0) is 11.2. The number of hydrogen-bond donors (Lipinski definition) is 2. The number of rotatable bonds is 2. The summed E-state index contributed by atoms with van der Waals surface area (Å²) >= 11 is 0. The van der Waals surface area contributed by atoms with E-state index in [0.717, 1.165) is 24.1 Å². The third-order valence-electron chi connectivity index (χ3n) is 3.02. The Bertz CT molecular complexity index is 421. The summed E-state index contributed by atoms with van der Waals surface area (Å²) in [5, 5.41) is 13.0. The minimum Gasteiger partial charge on any atom is -0.480 e. The van der Waals surface area contributed by atoms with Crippen LogP contribution in [0.5, 0.6) is 0 Å². The van der Waals surface area contributed by atoms with E-state index in [0.29, 0.717) is 5.82 Å². The van der Waals surface area contributed by atoms with Crippen molar-refractivity contribution in [1.29, 1.82) is 0 Å². The van der Waals surface area contributed by atoms with E-state index in [1.165, 1.54) is 4.68 Å². The van der Waals surface area contributed by atoms with Crippen molar-refractivity contribution in [2.45, 2.75) is 38.6 Å². The van der Waals surface area contributed by atoms with Crippen LogP contribution >= 0.6 is 0 Å². The average molecular weight is 209 g/mol. The van der Waals surface area contributed by atoms with E-state index in [1.807, 2.05) is 0 Å². The summed E-state index contributed by atoms with van der Waals surface area (Å²) in [6.45, 7) is 4.06. The number of aliphatic carboxylic acids is 1. The molecular formula is C10H15N3O2. The van der Waals surface area contributed by atoms with Crippen molar-refractivity contribution in [3.05, 3.63) is 11.3 Å². The zero-order valence-electron chi connectivity index (χ0n) is 8.95. The molecule has 0 radical (unpaired) electrons. The molecule has 1 aliphatic carbocycles. The number of nitrogen functional groups attached to an aromatic ring is 1. The van der Waals surface area contributed by atoms with Crippen LogP contribution < -0.4 is 5.73 Å². The number of anilines is 1. The largest absolute Gasteiger partial charge is 0.480 e. The number of carbonyl (C=O) groups is 1. The topological polar surface area (TPSA) is 81.1 Å². The standard InChI is InChI=1S/C10H15N3O2/c1-10(2)4-3-6-8(10)12-13(9(6)11)5-7(14)15/h3-5,11H2,1-2H3,(H,14,15). The van der Waals surface area contributed by atoms with Gasteiger partial charge < -0.3 is 10.8 Å². The maximum atomic E-state index is 10.6. The van der Waals surface area contributed by atoms with Gasteiger partial charge in [-0.25, -0.2) is 4.68 Å². The lowest BCUT2D eigenvalue weighted by Gasteiger charge is -2.15. The van der Waals surface area contributed by atoms with Crippen LogP contribution in [0.2, 0.25) is 0 Å². The summed E-state index contributed by atoms with van der Waals surface area (Å²) in [4.78, 5) is 10.6. The third-order valence-corrected chi connectivity index (χ3v) is 3.02. The summed E-state index contributed by atoms with van der Waals surface area (Å²) in [7, 11) is 0. The van der Waals surface area contributed by atoms with Crippen LogP contribution in [0.4, 0.5) is 5.82 Å². The smallest absolute Gasteiger partial charge is 0.325 e. The van der Waals surface area contributed by atoms with Gasteiger partial charge in [0.25, 0.3) is 0 Å². The van der Waals surface area contributed by atoms with Gasteiger partial charge in [-0.3, -0.25) is 4.79 Å². The van der Waals surface area contributed by atoms with Gasteiger partial charge in [-0.05, 0) is 12.8 Å². The van der Waals surface area contributed by atoms with Gasteiger partial charge in [0, 0.05) is 11.0 Å². The first kappa shape index (κ1) is 10.0. The van der Waals surface area contributed by atoms with Gasteiger partial charge in [0.15, 0.2) is 0 Å². The molecule has 3 N–H and O–H groups in total. The molecule has 2 rings (SSSR count). The van der Waals surface area contributed by atoms with Gasteiger partial charge in [0.1, 0.15) is 12.4 Å². The normalized spacial score (nSPS) is 17.7. The quantitative estimate of drug-likeness (QED) is 0.754. The molecule has 5 nitrogen and oxygen atoms in total. The van der Waals surface area contributed by atoms with E-state index in [-0.39, 0.29) is 12.0 Å². The Hall–Kier alpha value is -1.52. The molecule has 1 aromatic rings. The van der Waals surface area contributed by atoms with E-state index in [2.05, 4.69) is 18.9 Å². The van der Waals surface area contributed by atoms with E-state index < -0.39 is 5.97 Å². The van der Waals surface area contributed by atoms with Gasteiger partial charge in [0.05, 0.1) is 5.69 Å². The third kappa shape index (κ3) is 1.48. The first-order chi connectivity index (χ1) is 6.92. The number of carboxylic acids is 1. The molecule has 0 bridgehead atoms. The number of carboxylic acid groups (broad SMARTS) is 1. The molecule has 5 heteroatoms. The van der Waals surface area contributed by atoms with Gasteiger partial charge in [0.2, 0.25) is 0 Å². The molecule has 82 valence electrons. The van der Waals surface area contributed by atoms with Crippen LogP contribution in [-0.2, 0) is 23.2 Å². The molecule has 0 aromatic carbocycles. The Morgan fingerprint density at radius 1 is 1.67 bits per heavy atom. The summed E-state index contributed by atoms with van der Waals surface area (Å²) in [5.74, 6) is -0.404. The number of fused-ring (bicyclic) bond motifs is 1. The van der Waals surface area contributed by atoms with Gasteiger partial charge in [-0.15, -0.1) is 0 Å². The molecule has 0 unspecified atom stereocenters. The molecule has 0 saturated heterocycles. The lowest BCUT2D eigenvalue weighted by Crippen LogP contribution is -2.17. The molecule has 15 heavy (non-hydrogen) atoms. The molecular weight excluding hydrogens is 194 g/mol. The Balaban J connectivity index is 2.43. The molecule has 0 fully saturated rings. The second-order valence-electron chi connectivity index (χ2n) is 4.65. The van der Waals surface area contributed by atoms with Crippen LogP contribution in [0, 0.1) is 0 Å². The monoisotopic (exact) mass is 209 g/mol. The fraction of sp³-hybridized carbons (Fsp3) is 0.600. The second kappa shape index (κ2) is 2.98. The molecule has 0 atom stereocenters. The first-order valence-corrected chi connectivity index (χ1v) is 4.99. The lowest BCUT2D eigenvalue weighted by atomic mass is 9.91. The zero-order valence-corrected chi connectivity index (χ0v) is 8.95. The molecule has 1 heterocycles. The molecule has 0 saturated carbocycles. The van der Waals surface area contributed by atoms with Crippen molar-refractivity contribution in [1.82, 2.24) is 9.78 Å². The minimum atomic E-state index is -0.916. The van der Waals surface area contributed by atoms with Crippen molar-refractivity contribution < 1.29 is 9.90 Å². The van der Waals surface area contributed by atoms with E-state index >= 15 is 0 Å². The van der Waals surface area contributed by atoms with Crippen LogP contribution in [-0.4, -0.2) is 20.9 Å². The van der Waals surface area contributed by atoms with E-state index in [4.69, 9.17) is 10.8 Å². The van der Waals surface area contributed by atoms with Crippen LogP contribution in [0.25, 0.3) is 0 Å². The lowest BCUT2D eigenvalue weighted by molar-refractivity contribution is -0.137. The van der Waals surface area contributed by atoms with E-state index in [9.17, 15) is 4.79 Å². The maximum Gasteiger partial charge on any atom is 0.325 e. The Morgan fingerprint density at radius 2 is 2.33 bits per heavy atom. The number of aromatic nitrogens is 2. The Kier molecular flexibility index (Phi) is 1.99. The predicted molar refractivity (Wildman–Crippen MR) is 55.6 cm³/mol. The molecule has 1 aromatic heterocycles. The van der Waals surface area contributed by atoms with Gasteiger partial charge >= 0.3 is 5.97 Å². The molecule has 0 aliphatic heterocycles. The van der Waals surface area contributed by atoms with Crippen LogP contribution in [0.3, 0.4) is 0 Å². The Morgan fingerprint density at radius 3 is 2.87 bits per heavy atom. The van der Waals surface area contributed by atoms with Crippen molar-refractivity contribution >= 4 is 11.8 Å². The van der Waals surface area contributed by atoms with Crippen LogP contribution in [0.15, 0.2) is 0 Å². The molecule has 0 amide bonds. The maximum absolute atomic E-state index is 10.6. The van der Waals surface area contributed by atoms with Crippen molar-refractivity contribution in [3.63, 3.8) is 0 Å². The molecule has 1 aliphatic rings. The minimum absolute atomic E-state index is 0.0210. The summed E-state index contributed by atoms with van der Waals surface area (Å²) in [6.07, 6.45) is 1.93. The highest BCUT2D eigenvalue weighted by Crippen LogP contribution is 2.39. The van der Waals surface area contributed by atoms with Crippen molar-refractivity contribution in [2.75, 3.05) is 5.73 Å². The number of hydrogen-bond acceptors (Lipinski definition) is 3. The van der Waals surface area contributed by atoms with Gasteiger partial charge in [-0.1, -0.05) is 13.8 Å². The molecule has 0 spiro atoms. The van der Waals surface area contributed by atoms with Crippen molar-refractivity contribution in [3.8, 4) is 0 Å². The van der Waals surface area contributed by atoms with Crippen molar-refractivity contribution in [2.24, 2.45) is 0 Å². The summed E-state index contributed by atoms with van der Waals surface area (Å²) in [6, 6.07) is 0. The second-order valence-corrected chi connectivity index (χ2v) is 4.65. The average Bonchev–Trinajstić information content (AvgIpc) is 2.55. The number of nitrogens with two attached hydrogens (primary N) is 1.